The number of nitrogens with one attached hydrogen (secondary N) is 1. The molecule has 0 bridgehead atoms. The van der Waals surface area contributed by atoms with Crippen molar-refractivity contribution in [2.24, 2.45) is 0 Å². The molecular formula is C21H26N4O3S2. The van der Waals surface area contributed by atoms with Gasteiger partial charge in [-0.15, -0.1) is 11.3 Å². The molecule has 0 aliphatic heterocycles. The monoisotopic (exact) mass is 446 g/mol. The molecule has 1 saturated carbocycles. The highest BCUT2D eigenvalue weighted by molar-refractivity contribution is 8.01. The van der Waals surface area contributed by atoms with Crippen molar-refractivity contribution >= 4 is 40.8 Å². The van der Waals surface area contributed by atoms with Crippen LogP contribution >= 0.6 is 23.1 Å². The van der Waals surface area contributed by atoms with Gasteiger partial charge in [0.25, 0.3) is 0 Å². The zero-order valence-corrected chi connectivity index (χ0v) is 19.1. The van der Waals surface area contributed by atoms with Gasteiger partial charge in [-0.3, -0.25) is 9.59 Å². The van der Waals surface area contributed by atoms with Crippen molar-refractivity contribution in [1.29, 1.82) is 5.26 Å². The van der Waals surface area contributed by atoms with Crippen LogP contribution in [-0.4, -0.2) is 33.8 Å². The molecule has 1 aliphatic carbocycles. The van der Waals surface area contributed by atoms with Crippen LogP contribution in [0.1, 0.15) is 61.2 Å². The summed E-state index contributed by atoms with van der Waals surface area (Å²) >= 11 is 2.72. The molecule has 7 nitrogen and oxygen atoms in total. The Balaban J connectivity index is 1.65. The lowest BCUT2D eigenvalue weighted by atomic mass is 10.2. The van der Waals surface area contributed by atoms with Crippen molar-refractivity contribution in [3.8, 4) is 6.07 Å². The fourth-order valence-corrected chi connectivity index (χ4v) is 5.44. The molecule has 0 saturated heterocycles. The number of thioether (sulfide) groups is 1. The maximum Gasteiger partial charge on any atom is 0.311 e. The van der Waals surface area contributed by atoms with Crippen molar-refractivity contribution in [3.05, 3.63) is 27.9 Å². The zero-order valence-electron chi connectivity index (χ0n) is 17.5. The molecular weight excluding hydrogens is 420 g/mol. The van der Waals surface area contributed by atoms with Gasteiger partial charge in [-0.2, -0.15) is 5.26 Å². The molecule has 30 heavy (non-hydrogen) atoms. The molecule has 2 aromatic heterocycles. The average molecular weight is 447 g/mol. The molecule has 0 spiro atoms. The first-order valence-corrected chi connectivity index (χ1v) is 11.9. The van der Waals surface area contributed by atoms with Crippen LogP contribution in [0.15, 0.2) is 9.72 Å². The number of esters is 1. The number of nitrogens with zero attached hydrogens (tertiary/aromatic N) is 3. The van der Waals surface area contributed by atoms with E-state index in [9.17, 15) is 14.9 Å². The normalized spacial score (nSPS) is 13.9. The van der Waals surface area contributed by atoms with Gasteiger partial charge in [-0.25, -0.2) is 4.98 Å². The van der Waals surface area contributed by atoms with Gasteiger partial charge in [0.1, 0.15) is 11.9 Å². The summed E-state index contributed by atoms with van der Waals surface area (Å²) in [7, 11) is 0. The Bertz CT molecular complexity index is 968. The van der Waals surface area contributed by atoms with Crippen LogP contribution in [0.25, 0.3) is 0 Å². The highest BCUT2D eigenvalue weighted by atomic mass is 32.2. The smallest absolute Gasteiger partial charge is 0.311 e. The summed E-state index contributed by atoms with van der Waals surface area (Å²) in [6.45, 7) is 6.06. The lowest BCUT2D eigenvalue weighted by Gasteiger charge is -2.19. The molecule has 1 N–H and O–H groups in total. The number of aromatic nitrogens is 2. The second-order valence-corrected chi connectivity index (χ2v) is 9.36. The molecule has 3 rings (SSSR count). The van der Waals surface area contributed by atoms with E-state index in [0.717, 1.165) is 28.4 Å². The summed E-state index contributed by atoms with van der Waals surface area (Å²) in [5.41, 5.74) is 3.17. The van der Waals surface area contributed by atoms with E-state index in [4.69, 9.17) is 4.74 Å². The molecule has 0 aromatic carbocycles. The summed E-state index contributed by atoms with van der Waals surface area (Å²) in [5.74, 6) is 0.326. The van der Waals surface area contributed by atoms with Crippen molar-refractivity contribution in [1.82, 2.24) is 9.55 Å². The molecule has 1 fully saturated rings. The standard InChI is InChI=1S/C21H26N4O3S2/c1-4-28-19(27)9-15-11-29-21(23-15)30-12-18(26)24-20-17(10-22)13(2)14(3)25(20)16-7-5-6-8-16/h11,16H,4-9,12H2,1-3H3,(H,24,26). The van der Waals surface area contributed by atoms with E-state index in [1.54, 1.807) is 6.92 Å². The van der Waals surface area contributed by atoms with Crippen LogP contribution in [0.5, 0.6) is 0 Å². The quantitative estimate of drug-likeness (QED) is 0.477. The minimum atomic E-state index is -0.306. The van der Waals surface area contributed by atoms with Crippen LogP contribution in [0, 0.1) is 25.2 Å². The highest BCUT2D eigenvalue weighted by Crippen LogP contribution is 2.37. The Hall–Kier alpha value is -2.31. The van der Waals surface area contributed by atoms with E-state index in [0.29, 0.717) is 29.7 Å². The van der Waals surface area contributed by atoms with Gasteiger partial charge in [0, 0.05) is 17.1 Å². The first-order valence-electron chi connectivity index (χ1n) is 10.1. The number of amides is 1. The van der Waals surface area contributed by atoms with E-state index < -0.39 is 0 Å². The number of anilines is 1. The van der Waals surface area contributed by atoms with Crippen molar-refractivity contribution < 1.29 is 14.3 Å². The minimum absolute atomic E-state index is 0.135. The number of carbonyl (C=O) groups excluding carboxylic acids is 2. The molecule has 9 heteroatoms. The lowest BCUT2D eigenvalue weighted by molar-refractivity contribution is -0.142. The summed E-state index contributed by atoms with van der Waals surface area (Å²) < 4.78 is 7.80. The Morgan fingerprint density at radius 1 is 1.40 bits per heavy atom. The summed E-state index contributed by atoms with van der Waals surface area (Å²) in [6.07, 6.45) is 4.62. The second-order valence-electron chi connectivity index (χ2n) is 7.28. The fraction of sp³-hybridized carbons (Fsp3) is 0.524. The van der Waals surface area contributed by atoms with E-state index >= 15 is 0 Å². The fourth-order valence-electron chi connectivity index (χ4n) is 3.80. The predicted molar refractivity (Wildman–Crippen MR) is 118 cm³/mol. The largest absolute Gasteiger partial charge is 0.466 e. The van der Waals surface area contributed by atoms with Crippen molar-refractivity contribution in [2.75, 3.05) is 17.7 Å². The number of hydrogen-bond acceptors (Lipinski definition) is 7. The van der Waals surface area contributed by atoms with Crippen LogP contribution in [0.2, 0.25) is 0 Å². The van der Waals surface area contributed by atoms with Crippen LogP contribution in [0.4, 0.5) is 5.82 Å². The van der Waals surface area contributed by atoms with Crippen molar-refractivity contribution in [2.45, 2.75) is 63.3 Å². The molecule has 0 atom stereocenters. The summed E-state index contributed by atoms with van der Waals surface area (Å²) in [6, 6.07) is 2.59. The molecule has 2 aromatic rings. The predicted octanol–water partition coefficient (Wildman–Crippen LogP) is 4.38. The Kier molecular flexibility index (Phi) is 7.56. The third-order valence-electron chi connectivity index (χ3n) is 5.30. The highest BCUT2D eigenvalue weighted by Gasteiger charge is 2.26. The molecule has 1 aliphatic rings. The zero-order chi connectivity index (χ0) is 21.7. The van der Waals surface area contributed by atoms with Crippen molar-refractivity contribution in [3.63, 3.8) is 0 Å². The van der Waals surface area contributed by atoms with Gasteiger partial charge in [0.15, 0.2) is 4.34 Å². The van der Waals surface area contributed by atoms with E-state index in [1.165, 1.54) is 35.9 Å². The molecule has 0 radical (unpaired) electrons. The first kappa shape index (κ1) is 22.4. The SMILES string of the molecule is CCOC(=O)Cc1csc(SCC(=O)Nc2c(C#N)c(C)c(C)n2C2CCCC2)n1. The minimum Gasteiger partial charge on any atom is -0.466 e. The average Bonchev–Trinajstić information content (AvgIpc) is 3.43. The summed E-state index contributed by atoms with van der Waals surface area (Å²) in [5, 5.41) is 14.4. The number of thiazole rings is 1. The first-order chi connectivity index (χ1) is 14.4. The van der Waals surface area contributed by atoms with Crippen LogP contribution in [0.3, 0.4) is 0 Å². The van der Waals surface area contributed by atoms with Gasteiger partial charge in [0.05, 0.1) is 30.0 Å². The van der Waals surface area contributed by atoms with E-state index in [2.05, 4.69) is 20.9 Å². The molecule has 0 unspecified atom stereocenters. The van der Waals surface area contributed by atoms with Gasteiger partial charge in [-0.1, -0.05) is 24.6 Å². The van der Waals surface area contributed by atoms with Gasteiger partial charge in [0.2, 0.25) is 5.91 Å². The van der Waals surface area contributed by atoms with E-state index in [-0.39, 0.29) is 24.1 Å². The Morgan fingerprint density at radius 2 is 2.13 bits per heavy atom. The number of rotatable bonds is 8. The number of ether oxygens (including phenoxy) is 1. The third-order valence-corrected chi connectivity index (χ3v) is 7.37. The molecule has 160 valence electrons. The number of nitriles is 1. The summed E-state index contributed by atoms with van der Waals surface area (Å²) in [4.78, 5) is 28.6. The number of carbonyl (C=O) groups is 2. The van der Waals surface area contributed by atoms with Crippen LogP contribution < -0.4 is 5.32 Å². The van der Waals surface area contributed by atoms with Gasteiger partial charge >= 0.3 is 5.97 Å². The Morgan fingerprint density at radius 3 is 2.80 bits per heavy atom. The van der Waals surface area contributed by atoms with Gasteiger partial charge in [-0.05, 0) is 39.2 Å². The molecule has 1 amide bonds. The Labute approximate surface area is 184 Å². The third kappa shape index (κ3) is 5.05. The van der Waals surface area contributed by atoms with Gasteiger partial charge < -0.3 is 14.6 Å². The van der Waals surface area contributed by atoms with Crippen LogP contribution in [-0.2, 0) is 20.7 Å². The maximum absolute atomic E-state index is 12.7. The molecule has 2 heterocycles. The second kappa shape index (κ2) is 10.1. The topological polar surface area (TPSA) is 97.0 Å². The number of hydrogen-bond donors (Lipinski definition) is 1. The lowest BCUT2D eigenvalue weighted by Crippen LogP contribution is -2.19. The maximum atomic E-state index is 12.7. The van der Waals surface area contributed by atoms with E-state index in [1.807, 2.05) is 19.2 Å².